The Morgan fingerprint density at radius 3 is 1.91 bits per heavy atom. The fourth-order valence-electron chi connectivity index (χ4n) is 7.81. The van der Waals surface area contributed by atoms with Crippen LogP contribution in [0.4, 0.5) is 0 Å². The number of hydrogen-bond donors (Lipinski definition) is 0. The molecule has 0 fully saturated rings. The zero-order chi connectivity index (χ0) is 36.0. The highest BCUT2D eigenvalue weighted by Gasteiger charge is 2.16. The summed E-state index contributed by atoms with van der Waals surface area (Å²) in [7, 11) is 0. The molecule has 9 aromatic carbocycles. The van der Waals surface area contributed by atoms with Crippen molar-refractivity contribution in [1.82, 2.24) is 0 Å². The fourth-order valence-corrected chi connectivity index (χ4v) is 7.81. The van der Waals surface area contributed by atoms with E-state index in [1.54, 1.807) is 0 Å². The zero-order valence-corrected chi connectivity index (χ0v) is 29.4. The molecule has 254 valence electrons. The molecule has 1 aromatic heterocycles. The Morgan fingerprint density at radius 2 is 1.11 bits per heavy atom. The summed E-state index contributed by atoms with van der Waals surface area (Å²) in [6.45, 7) is 4.36. The summed E-state index contributed by atoms with van der Waals surface area (Å²) in [5, 5.41) is 11.6. The molecule has 0 aliphatic heterocycles. The van der Waals surface area contributed by atoms with Gasteiger partial charge < -0.3 is 4.42 Å². The molecule has 4 heteroatoms. The van der Waals surface area contributed by atoms with Crippen molar-refractivity contribution in [2.24, 2.45) is 15.0 Å². The Labute approximate surface area is 312 Å². The molecular formula is C50H33N3O. The summed E-state index contributed by atoms with van der Waals surface area (Å²) in [4.78, 5) is 14.8. The van der Waals surface area contributed by atoms with Crippen molar-refractivity contribution in [3.05, 3.63) is 193 Å². The smallest absolute Gasteiger partial charge is 0.161 e. The highest BCUT2D eigenvalue weighted by Crippen LogP contribution is 2.38. The van der Waals surface area contributed by atoms with Crippen LogP contribution in [-0.4, -0.2) is 18.4 Å². The number of nitrogens with zero attached hydrogens (tertiary/aromatic N) is 3. The van der Waals surface area contributed by atoms with E-state index in [1.165, 1.54) is 32.5 Å². The van der Waals surface area contributed by atoms with Gasteiger partial charge in [-0.2, -0.15) is 0 Å². The van der Waals surface area contributed by atoms with Gasteiger partial charge in [0, 0.05) is 27.3 Å². The van der Waals surface area contributed by atoms with Gasteiger partial charge in [-0.3, -0.25) is 4.99 Å². The molecule has 0 bridgehead atoms. The maximum atomic E-state index is 6.52. The molecule has 0 spiro atoms. The average Bonchev–Trinajstić information content (AvgIpc) is 3.62. The predicted octanol–water partition coefficient (Wildman–Crippen LogP) is 13.0. The maximum Gasteiger partial charge on any atom is 0.161 e. The molecule has 0 N–H and O–H groups in total. The predicted molar refractivity (Wildman–Crippen MR) is 228 cm³/mol. The number of hydrogen-bond acceptors (Lipinski definition) is 2. The molecule has 10 aromatic rings. The Morgan fingerprint density at radius 1 is 0.444 bits per heavy atom. The van der Waals surface area contributed by atoms with Gasteiger partial charge in [0.2, 0.25) is 0 Å². The van der Waals surface area contributed by atoms with Gasteiger partial charge in [-0.25, -0.2) is 9.98 Å². The van der Waals surface area contributed by atoms with E-state index >= 15 is 0 Å². The van der Waals surface area contributed by atoms with Crippen LogP contribution in [0.5, 0.6) is 0 Å². The van der Waals surface area contributed by atoms with E-state index in [1.807, 2.05) is 36.4 Å². The number of amidine groups is 2. The van der Waals surface area contributed by atoms with Crippen molar-refractivity contribution < 1.29 is 4.42 Å². The Bertz CT molecular complexity index is 3140. The van der Waals surface area contributed by atoms with Crippen LogP contribution in [0.3, 0.4) is 0 Å². The first kappa shape index (κ1) is 31.6. The lowest BCUT2D eigenvalue weighted by Crippen LogP contribution is -2.05. The Hall–Kier alpha value is -7.17. The lowest BCUT2D eigenvalue weighted by molar-refractivity contribution is 0.672. The van der Waals surface area contributed by atoms with Gasteiger partial charge in [0.05, 0.1) is 6.54 Å². The number of rotatable bonds is 5. The van der Waals surface area contributed by atoms with Crippen molar-refractivity contribution in [2.45, 2.75) is 6.54 Å². The van der Waals surface area contributed by atoms with Gasteiger partial charge >= 0.3 is 0 Å². The van der Waals surface area contributed by atoms with Gasteiger partial charge in [-0.1, -0.05) is 152 Å². The van der Waals surface area contributed by atoms with E-state index in [4.69, 9.17) is 14.4 Å². The molecule has 0 aliphatic rings. The first-order valence-corrected chi connectivity index (χ1v) is 18.1. The highest BCUT2D eigenvalue weighted by atomic mass is 16.3. The van der Waals surface area contributed by atoms with E-state index in [0.717, 1.165) is 60.4 Å². The van der Waals surface area contributed by atoms with Crippen molar-refractivity contribution in [2.75, 3.05) is 0 Å². The van der Waals surface area contributed by atoms with Crippen LogP contribution in [-0.2, 0) is 6.54 Å². The van der Waals surface area contributed by atoms with Crippen molar-refractivity contribution in [3.8, 4) is 11.1 Å². The molecule has 0 unspecified atom stereocenters. The molecule has 0 saturated carbocycles. The van der Waals surface area contributed by atoms with Crippen LogP contribution in [0.1, 0.15) is 16.7 Å². The lowest BCUT2D eigenvalue weighted by atomic mass is 9.96. The maximum absolute atomic E-state index is 6.52. The molecule has 0 atom stereocenters. The number of fused-ring (bicyclic) bond motifs is 10. The average molecular weight is 692 g/mol. The van der Waals surface area contributed by atoms with E-state index in [-0.39, 0.29) is 0 Å². The second-order valence-corrected chi connectivity index (χ2v) is 13.6. The van der Waals surface area contributed by atoms with Crippen LogP contribution >= 0.6 is 0 Å². The van der Waals surface area contributed by atoms with Crippen LogP contribution in [0, 0.1) is 0 Å². The summed E-state index contributed by atoms with van der Waals surface area (Å²) in [6, 6.07) is 61.4. The highest BCUT2D eigenvalue weighted by molar-refractivity contribution is 6.20. The minimum Gasteiger partial charge on any atom is -0.455 e. The van der Waals surface area contributed by atoms with Crippen molar-refractivity contribution >= 4 is 83.4 Å². The molecule has 10 rings (SSSR count). The molecule has 0 radical (unpaired) electrons. The van der Waals surface area contributed by atoms with Crippen LogP contribution < -0.4 is 0 Å². The molecule has 0 saturated heterocycles. The third-order valence-corrected chi connectivity index (χ3v) is 10.5. The van der Waals surface area contributed by atoms with Crippen LogP contribution in [0.25, 0.3) is 76.2 Å². The lowest BCUT2D eigenvalue weighted by Gasteiger charge is -2.10. The number of benzene rings is 9. The Balaban J connectivity index is 1.08. The summed E-state index contributed by atoms with van der Waals surface area (Å²) < 4.78 is 6.52. The topological polar surface area (TPSA) is 50.2 Å². The molecule has 54 heavy (non-hydrogen) atoms. The summed E-state index contributed by atoms with van der Waals surface area (Å²) in [6.07, 6.45) is 0. The second-order valence-electron chi connectivity index (χ2n) is 13.6. The van der Waals surface area contributed by atoms with E-state index in [0.29, 0.717) is 18.2 Å². The first-order chi connectivity index (χ1) is 26.7. The fraction of sp³-hybridized carbons (Fsp3) is 0.0200. The van der Waals surface area contributed by atoms with Gasteiger partial charge in [-0.15, -0.1) is 0 Å². The Kier molecular flexibility index (Phi) is 7.66. The van der Waals surface area contributed by atoms with Gasteiger partial charge in [0.15, 0.2) is 11.7 Å². The number of furan rings is 1. The largest absolute Gasteiger partial charge is 0.455 e. The molecular weight excluding hydrogens is 659 g/mol. The molecule has 0 aliphatic carbocycles. The molecule has 0 amide bonds. The van der Waals surface area contributed by atoms with Crippen LogP contribution in [0.15, 0.2) is 195 Å². The zero-order valence-electron chi connectivity index (χ0n) is 29.4. The summed E-state index contributed by atoms with van der Waals surface area (Å²) in [5.74, 6) is 1.11. The normalized spacial score (nSPS) is 12.4. The third kappa shape index (κ3) is 5.44. The van der Waals surface area contributed by atoms with Gasteiger partial charge in [0.1, 0.15) is 11.2 Å². The first-order valence-electron chi connectivity index (χ1n) is 18.1. The summed E-state index contributed by atoms with van der Waals surface area (Å²) >= 11 is 0. The van der Waals surface area contributed by atoms with Gasteiger partial charge in [-0.05, 0) is 85.4 Å². The van der Waals surface area contributed by atoms with E-state index in [9.17, 15) is 0 Å². The van der Waals surface area contributed by atoms with Crippen LogP contribution in [0.2, 0.25) is 0 Å². The van der Waals surface area contributed by atoms with Gasteiger partial charge in [0.25, 0.3) is 0 Å². The quantitative estimate of drug-likeness (QED) is 0.101. The monoisotopic (exact) mass is 691 g/mol. The standard InChI is InChI=1S/C50H33N3O/c1-51-49(37-22-24-41-36(28-37)21-26-42-39-17-9-8-14-33(39)20-25-43(41)42)53-50(34-15-6-3-7-16-34)52-31-38-30-46-45-29-35(32-12-4-2-5-13-32)23-27-47(45)54-48(46)44-19-11-10-18-40(38)44/h2-30H,1,31H2. The minimum atomic E-state index is 0.414. The summed E-state index contributed by atoms with van der Waals surface area (Å²) in [5.41, 5.74) is 6.95. The van der Waals surface area contributed by atoms with E-state index < -0.39 is 0 Å². The van der Waals surface area contributed by atoms with Crippen molar-refractivity contribution in [1.29, 1.82) is 0 Å². The second kappa shape index (κ2) is 13.1. The van der Waals surface area contributed by atoms with Crippen molar-refractivity contribution in [3.63, 3.8) is 0 Å². The third-order valence-electron chi connectivity index (χ3n) is 10.5. The molecule has 4 nitrogen and oxygen atoms in total. The molecule has 1 heterocycles. The van der Waals surface area contributed by atoms with E-state index in [2.05, 4.69) is 151 Å². The minimum absolute atomic E-state index is 0.414. The number of aliphatic imine (C=N–C) groups is 3. The SMILES string of the molecule is C=NC(=NC(=NCc1cc2c3cc(-c4ccccc4)ccc3oc2c2ccccc12)c1ccccc1)c1ccc2c(ccc3c4ccccc4ccc23)c1.